The summed E-state index contributed by atoms with van der Waals surface area (Å²) in [5, 5.41) is 0. The van der Waals surface area contributed by atoms with Crippen molar-refractivity contribution in [2.75, 3.05) is 6.54 Å². The Labute approximate surface area is 103 Å². The Morgan fingerprint density at radius 3 is 2.88 bits per heavy atom. The molecule has 1 N–H and O–H groups in total. The highest BCUT2D eigenvalue weighted by molar-refractivity contribution is 5.40. The van der Waals surface area contributed by atoms with Crippen LogP contribution in [0.1, 0.15) is 31.9 Å². The maximum atomic E-state index is 5.83. The van der Waals surface area contributed by atoms with Crippen molar-refractivity contribution < 1.29 is 9.57 Å². The predicted octanol–water partition coefficient (Wildman–Crippen LogP) is 2.62. The van der Waals surface area contributed by atoms with E-state index >= 15 is 0 Å². The number of rotatable bonds is 3. The first-order valence-corrected chi connectivity index (χ1v) is 6.11. The standard InChI is InChI=1S/C14H21NO2/c1-10-5-6-13-11(7-10)8-12(16-13)9-15-17-14(2,3)4/h5-7,12,15H,8-9H2,1-4H3. The van der Waals surface area contributed by atoms with Crippen molar-refractivity contribution in [1.82, 2.24) is 5.48 Å². The van der Waals surface area contributed by atoms with Crippen LogP contribution in [0.3, 0.4) is 0 Å². The monoisotopic (exact) mass is 235 g/mol. The molecule has 1 aromatic carbocycles. The second-order valence-electron chi connectivity index (χ2n) is 5.62. The summed E-state index contributed by atoms with van der Waals surface area (Å²) in [5.41, 5.74) is 5.41. The third-order valence-electron chi connectivity index (χ3n) is 2.65. The minimum Gasteiger partial charge on any atom is -0.488 e. The van der Waals surface area contributed by atoms with E-state index in [1.54, 1.807) is 0 Å². The first-order valence-electron chi connectivity index (χ1n) is 6.11. The lowest BCUT2D eigenvalue weighted by Gasteiger charge is -2.20. The molecule has 17 heavy (non-hydrogen) atoms. The predicted molar refractivity (Wildman–Crippen MR) is 68.1 cm³/mol. The maximum Gasteiger partial charge on any atom is 0.123 e. The van der Waals surface area contributed by atoms with Crippen LogP contribution in [0.25, 0.3) is 0 Å². The summed E-state index contributed by atoms with van der Waals surface area (Å²) < 4.78 is 5.83. The molecule has 94 valence electrons. The van der Waals surface area contributed by atoms with E-state index in [-0.39, 0.29) is 11.7 Å². The van der Waals surface area contributed by atoms with E-state index in [4.69, 9.17) is 9.57 Å². The van der Waals surface area contributed by atoms with Gasteiger partial charge in [-0.05, 0) is 39.3 Å². The Morgan fingerprint density at radius 2 is 2.18 bits per heavy atom. The molecule has 0 spiro atoms. The average Bonchev–Trinajstić information content (AvgIpc) is 2.57. The topological polar surface area (TPSA) is 30.5 Å². The molecule has 1 aliphatic rings. The van der Waals surface area contributed by atoms with Gasteiger partial charge in [-0.25, -0.2) is 0 Å². The highest BCUT2D eigenvalue weighted by Crippen LogP contribution is 2.29. The quantitative estimate of drug-likeness (QED) is 0.817. The summed E-state index contributed by atoms with van der Waals surface area (Å²) >= 11 is 0. The molecule has 3 heteroatoms. The van der Waals surface area contributed by atoms with Crippen molar-refractivity contribution in [2.24, 2.45) is 0 Å². The molecular weight excluding hydrogens is 214 g/mol. The Bertz CT molecular complexity index is 396. The Morgan fingerprint density at radius 1 is 1.41 bits per heavy atom. The van der Waals surface area contributed by atoms with Crippen LogP contribution in [0.5, 0.6) is 5.75 Å². The molecule has 0 fully saturated rings. The highest BCUT2D eigenvalue weighted by Gasteiger charge is 2.23. The van der Waals surface area contributed by atoms with E-state index in [1.807, 2.05) is 20.8 Å². The van der Waals surface area contributed by atoms with Gasteiger partial charge in [-0.2, -0.15) is 5.48 Å². The molecule has 3 nitrogen and oxygen atoms in total. The maximum absolute atomic E-state index is 5.83. The number of ether oxygens (including phenoxy) is 1. The third kappa shape index (κ3) is 3.45. The molecule has 1 aliphatic heterocycles. The minimum absolute atomic E-state index is 0.165. The molecule has 0 bridgehead atoms. The molecule has 2 rings (SSSR count). The SMILES string of the molecule is Cc1ccc2c(c1)CC(CNOC(C)(C)C)O2. The van der Waals surface area contributed by atoms with Gasteiger partial charge >= 0.3 is 0 Å². The summed E-state index contributed by atoms with van der Waals surface area (Å²) in [4.78, 5) is 5.48. The first-order chi connectivity index (χ1) is 7.94. The summed E-state index contributed by atoms with van der Waals surface area (Å²) in [6.07, 6.45) is 1.13. The lowest BCUT2D eigenvalue weighted by atomic mass is 10.1. The molecule has 0 saturated heterocycles. The molecule has 0 saturated carbocycles. The van der Waals surface area contributed by atoms with E-state index < -0.39 is 0 Å². The number of hydroxylamine groups is 1. The van der Waals surface area contributed by atoms with Gasteiger partial charge in [0.1, 0.15) is 11.9 Å². The summed E-state index contributed by atoms with van der Waals surface area (Å²) in [7, 11) is 0. The fraction of sp³-hybridized carbons (Fsp3) is 0.571. The van der Waals surface area contributed by atoms with Crippen molar-refractivity contribution in [3.05, 3.63) is 29.3 Å². The zero-order valence-electron chi connectivity index (χ0n) is 11.0. The lowest BCUT2D eigenvalue weighted by Crippen LogP contribution is -2.36. The van der Waals surface area contributed by atoms with Crippen LogP contribution in [0, 0.1) is 6.92 Å². The number of hydrogen-bond donors (Lipinski definition) is 1. The average molecular weight is 235 g/mol. The van der Waals surface area contributed by atoms with Crippen LogP contribution in [-0.2, 0) is 11.3 Å². The van der Waals surface area contributed by atoms with Crippen LogP contribution in [0.2, 0.25) is 0 Å². The number of aryl methyl sites for hydroxylation is 1. The van der Waals surface area contributed by atoms with Gasteiger partial charge in [-0.1, -0.05) is 17.7 Å². The zero-order chi connectivity index (χ0) is 12.5. The van der Waals surface area contributed by atoms with Crippen LogP contribution in [0.4, 0.5) is 0 Å². The van der Waals surface area contributed by atoms with Gasteiger partial charge in [0, 0.05) is 6.42 Å². The number of nitrogens with one attached hydrogen (secondary N) is 1. The van der Waals surface area contributed by atoms with Crippen molar-refractivity contribution in [3.63, 3.8) is 0 Å². The molecular formula is C14H21NO2. The number of benzene rings is 1. The lowest BCUT2D eigenvalue weighted by molar-refractivity contribution is -0.0801. The molecule has 0 aromatic heterocycles. The van der Waals surface area contributed by atoms with Crippen LogP contribution in [0.15, 0.2) is 18.2 Å². The van der Waals surface area contributed by atoms with Crippen LogP contribution >= 0.6 is 0 Å². The minimum atomic E-state index is -0.165. The first kappa shape index (κ1) is 12.4. The molecule has 1 heterocycles. The Balaban J connectivity index is 1.84. The van der Waals surface area contributed by atoms with Gasteiger partial charge in [0.05, 0.1) is 12.1 Å². The fourth-order valence-electron chi connectivity index (χ4n) is 1.91. The van der Waals surface area contributed by atoms with E-state index in [2.05, 4.69) is 30.6 Å². The highest BCUT2D eigenvalue weighted by atomic mass is 16.7. The van der Waals surface area contributed by atoms with Gasteiger partial charge in [-0.3, -0.25) is 4.84 Å². The van der Waals surface area contributed by atoms with E-state index in [0.717, 1.165) is 12.2 Å². The molecule has 0 amide bonds. The molecule has 0 aliphatic carbocycles. The van der Waals surface area contributed by atoms with Crippen molar-refractivity contribution in [2.45, 2.75) is 45.8 Å². The van der Waals surface area contributed by atoms with Gasteiger partial charge < -0.3 is 4.74 Å². The van der Waals surface area contributed by atoms with E-state index in [1.165, 1.54) is 11.1 Å². The van der Waals surface area contributed by atoms with E-state index in [9.17, 15) is 0 Å². The van der Waals surface area contributed by atoms with Gasteiger partial charge in [-0.15, -0.1) is 0 Å². The summed E-state index contributed by atoms with van der Waals surface area (Å²) in [6.45, 7) is 8.88. The number of hydrogen-bond acceptors (Lipinski definition) is 3. The van der Waals surface area contributed by atoms with Crippen LogP contribution < -0.4 is 10.2 Å². The molecule has 1 atom stereocenters. The van der Waals surface area contributed by atoms with Gasteiger partial charge in [0.15, 0.2) is 0 Å². The van der Waals surface area contributed by atoms with Gasteiger partial charge in [0.2, 0.25) is 0 Å². The Hall–Kier alpha value is -1.06. The zero-order valence-corrected chi connectivity index (χ0v) is 11.0. The van der Waals surface area contributed by atoms with Gasteiger partial charge in [0.25, 0.3) is 0 Å². The molecule has 0 radical (unpaired) electrons. The normalized spacial score (nSPS) is 18.9. The number of fused-ring (bicyclic) bond motifs is 1. The smallest absolute Gasteiger partial charge is 0.123 e. The summed E-state index contributed by atoms with van der Waals surface area (Å²) in [6, 6.07) is 6.33. The molecule has 1 aromatic rings. The third-order valence-corrected chi connectivity index (χ3v) is 2.65. The molecule has 1 unspecified atom stereocenters. The van der Waals surface area contributed by atoms with Crippen molar-refractivity contribution in [3.8, 4) is 5.75 Å². The van der Waals surface area contributed by atoms with Crippen molar-refractivity contribution >= 4 is 0 Å². The fourth-order valence-corrected chi connectivity index (χ4v) is 1.91. The Kier molecular flexibility index (Phi) is 3.40. The second-order valence-corrected chi connectivity index (χ2v) is 5.62. The largest absolute Gasteiger partial charge is 0.488 e. The van der Waals surface area contributed by atoms with Crippen molar-refractivity contribution in [1.29, 1.82) is 0 Å². The van der Waals surface area contributed by atoms with E-state index in [0.29, 0.717) is 6.54 Å². The second kappa shape index (κ2) is 4.67. The van der Waals surface area contributed by atoms with Crippen LogP contribution in [-0.4, -0.2) is 18.2 Å². The summed E-state index contributed by atoms with van der Waals surface area (Å²) in [5.74, 6) is 1.01.